The molecule has 2 heteroatoms. The Balaban J connectivity index is 2.66. The molecule has 0 spiro atoms. The van der Waals surface area contributed by atoms with Gasteiger partial charge in [0.15, 0.2) is 0 Å². The van der Waals surface area contributed by atoms with Crippen LogP contribution in [0.1, 0.15) is 45.6 Å². The lowest BCUT2D eigenvalue weighted by molar-refractivity contribution is 0.339. The smallest absolute Gasteiger partial charge is 0.119 e. The molecule has 0 saturated carbocycles. The van der Waals surface area contributed by atoms with Gasteiger partial charge in [-0.25, -0.2) is 0 Å². The lowest BCUT2D eigenvalue weighted by atomic mass is 9.86. The summed E-state index contributed by atoms with van der Waals surface area (Å²) in [6, 6.07) is 8.50. The third kappa shape index (κ3) is 5.96. The molecule has 0 aliphatic carbocycles. The van der Waals surface area contributed by atoms with Crippen molar-refractivity contribution in [2.75, 3.05) is 20.2 Å². The van der Waals surface area contributed by atoms with Crippen LogP contribution in [0.25, 0.3) is 0 Å². The Hall–Kier alpha value is -1.02. The molecule has 1 rings (SSSR count). The normalized spacial score (nSPS) is 12.7. The fourth-order valence-corrected chi connectivity index (χ4v) is 2.81. The highest BCUT2D eigenvalue weighted by Gasteiger charge is 2.15. The molecule has 1 atom stereocenters. The van der Waals surface area contributed by atoms with Crippen LogP contribution in [0.15, 0.2) is 24.3 Å². The summed E-state index contributed by atoms with van der Waals surface area (Å²) in [5.74, 6) is 2.53. The highest BCUT2D eigenvalue weighted by atomic mass is 16.5. The molecule has 0 aromatic heterocycles. The highest BCUT2D eigenvalue weighted by molar-refractivity contribution is 5.28. The van der Waals surface area contributed by atoms with E-state index in [0.717, 1.165) is 31.2 Å². The number of hydrogen-bond acceptors (Lipinski definition) is 2. The van der Waals surface area contributed by atoms with Gasteiger partial charge in [0.1, 0.15) is 5.75 Å². The lowest BCUT2D eigenvalue weighted by Crippen LogP contribution is -2.26. The Labute approximate surface area is 124 Å². The summed E-state index contributed by atoms with van der Waals surface area (Å²) in [6.45, 7) is 8.97. The second-order valence-corrected chi connectivity index (χ2v) is 5.65. The Morgan fingerprint density at radius 1 is 1.10 bits per heavy atom. The minimum Gasteiger partial charge on any atom is -0.497 e. The number of hydrogen-bond donors (Lipinski definition) is 1. The summed E-state index contributed by atoms with van der Waals surface area (Å²) in [7, 11) is 1.74. The van der Waals surface area contributed by atoms with Crippen LogP contribution in [-0.4, -0.2) is 20.2 Å². The van der Waals surface area contributed by atoms with Crippen molar-refractivity contribution in [1.29, 1.82) is 0 Å². The molecule has 2 nitrogen and oxygen atoms in total. The summed E-state index contributed by atoms with van der Waals surface area (Å²) >= 11 is 0. The molecular formula is C18H31NO. The lowest BCUT2D eigenvalue weighted by Gasteiger charge is -2.22. The second kappa shape index (κ2) is 9.82. The van der Waals surface area contributed by atoms with Crippen molar-refractivity contribution in [2.45, 2.75) is 46.5 Å². The molecule has 1 aromatic carbocycles. The zero-order valence-corrected chi connectivity index (χ0v) is 13.6. The Kier molecular flexibility index (Phi) is 8.36. The second-order valence-electron chi connectivity index (χ2n) is 5.65. The Morgan fingerprint density at radius 3 is 2.45 bits per heavy atom. The van der Waals surface area contributed by atoms with Crippen molar-refractivity contribution >= 4 is 0 Å². The van der Waals surface area contributed by atoms with Crippen molar-refractivity contribution in [3.8, 4) is 5.75 Å². The van der Waals surface area contributed by atoms with Gasteiger partial charge in [0.25, 0.3) is 0 Å². The third-order valence-electron chi connectivity index (χ3n) is 4.16. The van der Waals surface area contributed by atoms with Crippen molar-refractivity contribution in [2.24, 2.45) is 11.8 Å². The molecule has 0 amide bonds. The predicted octanol–water partition coefficient (Wildman–Crippen LogP) is 4.29. The molecule has 1 N–H and O–H groups in total. The Bertz CT molecular complexity index is 360. The Morgan fingerprint density at radius 2 is 1.85 bits per heavy atom. The van der Waals surface area contributed by atoms with E-state index in [-0.39, 0.29) is 0 Å². The van der Waals surface area contributed by atoms with E-state index in [4.69, 9.17) is 4.74 Å². The molecule has 0 saturated heterocycles. The number of benzene rings is 1. The first-order chi connectivity index (χ1) is 9.73. The standard InChI is InChI=1S/C18H31NO/c1-5-15(6-2)11-17(14-19-7-3)12-16-9-8-10-18(13-16)20-4/h8-10,13,15,17,19H,5-7,11-12,14H2,1-4H3. The first-order valence-electron chi connectivity index (χ1n) is 8.07. The van der Waals surface area contributed by atoms with Gasteiger partial charge in [-0.1, -0.05) is 45.7 Å². The van der Waals surface area contributed by atoms with Crippen LogP contribution in [0, 0.1) is 11.8 Å². The highest BCUT2D eigenvalue weighted by Crippen LogP contribution is 2.23. The zero-order chi connectivity index (χ0) is 14.8. The average Bonchev–Trinajstić information content (AvgIpc) is 2.50. The fraction of sp³-hybridized carbons (Fsp3) is 0.667. The number of methoxy groups -OCH3 is 1. The fourth-order valence-electron chi connectivity index (χ4n) is 2.81. The van der Waals surface area contributed by atoms with Crippen LogP contribution >= 0.6 is 0 Å². The van der Waals surface area contributed by atoms with E-state index < -0.39 is 0 Å². The number of ether oxygens (including phenoxy) is 1. The van der Waals surface area contributed by atoms with Gasteiger partial charge in [0, 0.05) is 0 Å². The topological polar surface area (TPSA) is 21.3 Å². The summed E-state index contributed by atoms with van der Waals surface area (Å²) in [6.07, 6.45) is 5.03. The van der Waals surface area contributed by atoms with E-state index in [1.807, 2.05) is 6.07 Å². The van der Waals surface area contributed by atoms with Gasteiger partial charge >= 0.3 is 0 Å². The van der Waals surface area contributed by atoms with Crippen LogP contribution in [0.5, 0.6) is 5.75 Å². The quantitative estimate of drug-likeness (QED) is 0.689. The maximum Gasteiger partial charge on any atom is 0.119 e. The van der Waals surface area contributed by atoms with Gasteiger partial charge in [-0.05, 0) is 55.5 Å². The molecule has 114 valence electrons. The van der Waals surface area contributed by atoms with E-state index in [2.05, 4.69) is 44.3 Å². The van der Waals surface area contributed by atoms with Crippen LogP contribution in [0.3, 0.4) is 0 Å². The molecule has 1 aromatic rings. The molecule has 0 heterocycles. The zero-order valence-electron chi connectivity index (χ0n) is 13.6. The van der Waals surface area contributed by atoms with Crippen molar-refractivity contribution in [1.82, 2.24) is 5.32 Å². The van der Waals surface area contributed by atoms with Crippen LogP contribution < -0.4 is 10.1 Å². The largest absolute Gasteiger partial charge is 0.497 e. The maximum absolute atomic E-state index is 5.33. The molecule has 0 aliphatic rings. The van der Waals surface area contributed by atoms with E-state index in [1.165, 1.54) is 24.8 Å². The summed E-state index contributed by atoms with van der Waals surface area (Å²) in [4.78, 5) is 0. The molecule has 0 fully saturated rings. The minimum atomic E-state index is 0.715. The summed E-state index contributed by atoms with van der Waals surface area (Å²) in [5.41, 5.74) is 1.39. The molecule has 0 bridgehead atoms. The SMILES string of the molecule is CCNCC(Cc1cccc(OC)c1)CC(CC)CC. The maximum atomic E-state index is 5.33. The van der Waals surface area contributed by atoms with Crippen molar-refractivity contribution in [3.05, 3.63) is 29.8 Å². The van der Waals surface area contributed by atoms with Crippen LogP contribution in [0.2, 0.25) is 0 Å². The monoisotopic (exact) mass is 277 g/mol. The summed E-state index contributed by atoms with van der Waals surface area (Å²) < 4.78 is 5.33. The van der Waals surface area contributed by atoms with E-state index >= 15 is 0 Å². The molecule has 0 aliphatic heterocycles. The van der Waals surface area contributed by atoms with Gasteiger partial charge in [0.2, 0.25) is 0 Å². The summed E-state index contributed by atoms with van der Waals surface area (Å²) in [5, 5.41) is 3.52. The van der Waals surface area contributed by atoms with Crippen molar-refractivity contribution in [3.63, 3.8) is 0 Å². The minimum absolute atomic E-state index is 0.715. The van der Waals surface area contributed by atoms with E-state index in [1.54, 1.807) is 7.11 Å². The van der Waals surface area contributed by atoms with E-state index in [9.17, 15) is 0 Å². The predicted molar refractivity (Wildman–Crippen MR) is 87.4 cm³/mol. The van der Waals surface area contributed by atoms with Crippen molar-refractivity contribution < 1.29 is 4.74 Å². The molecule has 20 heavy (non-hydrogen) atoms. The first kappa shape index (κ1) is 17.0. The van der Waals surface area contributed by atoms with Gasteiger partial charge in [0.05, 0.1) is 7.11 Å². The first-order valence-corrected chi connectivity index (χ1v) is 8.07. The molecule has 0 radical (unpaired) electrons. The van der Waals surface area contributed by atoms with Gasteiger partial charge in [-0.2, -0.15) is 0 Å². The van der Waals surface area contributed by atoms with Gasteiger partial charge in [-0.15, -0.1) is 0 Å². The third-order valence-corrected chi connectivity index (χ3v) is 4.16. The van der Waals surface area contributed by atoms with Crippen LogP contribution in [-0.2, 0) is 6.42 Å². The van der Waals surface area contributed by atoms with Crippen LogP contribution in [0.4, 0.5) is 0 Å². The van der Waals surface area contributed by atoms with E-state index in [0.29, 0.717) is 5.92 Å². The average molecular weight is 277 g/mol. The number of rotatable bonds is 10. The molecule has 1 unspecified atom stereocenters. The van der Waals surface area contributed by atoms with Gasteiger partial charge < -0.3 is 10.1 Å². The van der Waals surface area contributed by atoms with Gasteiger partial charge in [-0.3, -0.25) is 0 Å². The number of nitrogens with one attached hydrogen (secondary N) is 1. The molecular weight excluding hydrogens is 246 g/mol.